The molecule has 3 saturated carbocycles. The fraction of sp³-hybridized carbons (Fsp3) is 0.895. The van der Waals surface area contributed by atoms with Gasteiger partial charge in [0.2, 0.25) is 0 Å². The lowest BCUT2D eigenvalue weighted by Gasteiger charge is -2.22. The largest absolute Gasteiger partial charge is 0.456 e. The second kappa shape index (κ2) is 8.16. The molecule has 0 saturated heterocycles. The van der Waals surface area contributed by atoms with E-state index in [1.165, 1.54) is 57.8 Å². The summed E-state index contributed by atoms with van der Waals surface area (Å²) in [5.41, 5.74) is 0. The first-order chi connectivity index (χ1) is 11.2. The van der Waals surface area contributed by atoms with Crippen LogP contribution in [-0.2, 0) is 14.3 Å². The summed E-state index contributed by atoms with van der Waals surface area (Å²) in [6.07, 6.45) is 14.0. The van der Waals surface area contributed by atoms with Crippen LogP contribution >= 0.6 is 0 Å². The van der Waals surface area contributed by atoms with Crippen molar-refractivity contribution in [1.29, 1.82) is 0 Å². The maximum atomic E-state index is 12.0. The fourth-order valence-corrected chi connectivity index (χ4v) is 4.92. The van der Waals surface area contributed by atoms with Crippen molar-refractivity contribution in [3.05, 3.63) is 0 Å². The first-order valence-corrected chi connectivity index (χ1v) is 9.65. The highest BCUT2D eigenvalue weighted by molar-refractivity contribution is 5.80. The summed E-state index contributed by atoms with van der Waals surface area (Å²) in [4.78, 5) is 24.0. The van der Waals surface area contributed by atoms with Gasteiger partial charge in [0.05, 0.1) is 0 Å². The summed E-state index contributed by atoms with van der Waals surface area (Å²) in [6.45, 7) is -0.101. The number of ether oxygens (including phenoxy) is 1. The maximum Gasteiger partial charge on any atom is 0.306 e. The number of esters is 1. The molecule has 3 atom stereocenters. The summed E-state index contributed by atoms with van der Waals surface area (Å²) in [6, 6.07) is 0.270. The van der Waals surface area contributed by atoms with Crippen LogP contribution in [0.5, 0.6) is 0 Å². The average molecular weight is 321 g/mol. The third-order valence-corrected chi connectivity index (χ3v) is 6.15. The van der Waals surface area contributed by atoms with Crippen LogP contribution in [0.4, 0.5) is 0 Å². The van der Waals surface area contributed by atoms with E-state index in [1.807, 2.05) is 0 Å². The first-order valence-electron chi connectivity index (χ1n) is 9.65. The minimum Gasteiger partial charge on any atom is -0.456 e. The topological polar surface area (TPSA) is 55.4 Å². The van der Waals surface area contributed by atoms with Crippen molar-refractivity contribution in [2.75, 3.05) is 6.61 Å². The molecule has 0 aliphatic heterocycles. The van der Waals surface area contributed by atoms with Crippen molar-refractivity contribution in [2.45, 2.75) is 83.1 Å². The Morgan fingerprint density at radius 1 is 0.913 bits per heavy atom. The Morgan fingerprint density at radius 3 is 2.30 bits per heavy atom. The molecule has 1 N–H and O–H groups in total. The van der Waals surface area contributed by atoms with Crippen LogP contribution in [0, 0.1) is 17.8 Å². The summed E-state index contributed by atoms with van der Waals surface area (Å²) in [7, 11) is 0. The first kappa shape index (κ1) is 16.8. The molecule has 23 heavy (non-hydrogen) atoms. The van der Waals surface area contributed by atoms with Crippen LogP contribution in [0.1, 0.15) is 77.0 Å². The van der Waals surface area contributed by atoms with Gasteiger partial charge in [0.1, 0.15) is 0 Å². The van der Waals surface area contributed by atoms with E-state index < -0.39 is 0 Å². The molecular weight excluding hydrogens is 290 g/mol. The lowest BCUT2D eigenvalue weighted by molar-refractivity contribution is -0.150. The zero-order valence-electron chi connectivity index (χ0n) is 14.2. The van der Waals surface area contributed by atoms with E-state index in [9.17, 15) is 9.59 Å². The fourth-order valence-electron chi connectivity index (χ4n) is 4.92. The van der Waals surface area contributed by atoms with Gasteiger partial charge in [-0.25, -0.2) is 0 Å². The molecule has 0 unspecified atom stereocenters. The zero-order valence-corrected chi connectivity index (χ0v) is 14.2. The zero-order chi connectivity index (χ0) is 16.1. The molecule has 1 amide bonds. The van der Waals surface area contributed by atoms with Crippen LogP contribution in [-0.4, -0.2) is 24.5 Å². The Hall–Kier alpha value is -1.06. The van der Waals surface area contributed by atoms with E-state index in [0.717, 1.165) is 24.7 Å². The summed E-state index contributed by atoms with van der Waals surface area (Å²) in [5, 5.41) is 3.05. The van der Waals surface area contributed by atoms with Gasteiger partial charge >= 0.3 is 5.97 Å². The highest BCUT2D eigenvalue weighted by Gasteiger charge is 2.40. The predicted molar refractivity (Wildman–Crippen MR) is 88.8 cm³/mol. The number of hydrogen-bond acceptors (Lipinski definition) is 3. The number of nitrogens with one attached hydrogen (secondary N) is 1. The van der Waals surface area contributed by atoms with Gasteiger partial charge in [-0.1, -0.05) is 38.5 Å². The van der Waals surface area contributed by atoms with Crippen molar-refractivity contribution in [3.63, 3.8) is 0 Å². The third-order valence-electron chi connectivity index (χ3n) is 6.15. The summed E-state index contributed by atoms with van der Waals surface area (Å²) in [5.74, 6) is 1.78. The molecular formula is C19H31NO3. The molecule has 0 heterocycles. The van der Waals surface area contributed by atoms with Gasteiger partial charge in [0.25, 0.3) is 5.91 Å². The minimum absolute atomic E-state index is 0.101. The van der Waals surface area contributed by atoms with Gasteiger partial charge in [-0.15, -0.1) is 0 Å². The van der Waals surface area contributed by atoms with Gasteiger partial charge in [-0.05, 0) is 49.9 Å². The lowest BCUT2D eigenvalue weighted by Crippen LogP contribution is -2.38. The molecule has 3 rings (SSSR count). The van der Waals surface area contributed by atoms with Crippen LogP contribution < -0.4 is 5.32 Å². The van der Waals surface area contributed by atoms with Crippen LogP contribution in [0.3, 0.4) is 0 Å². The predicted octanol–water partition coefficient (Wildman–Crippen LogP) is 3.59. The molecule has 0 aromatic carbocycles. The second-order valence-electron chi connectivity index (χ2n) is 7.91. The molecule has 2 bridgehead atoms. The summed E-state index contributed by atoms with van der Waals surface area (Å²) < 4.78 is 5.22. The van der Waals surface area contributed by atoms with E-state index in [-0.39, 0.29) is 24.5 Å². The smallest absolute Gasteiger partial charge is 0.306 e. The Balaban J connectivity index is 1.32. The van der Waals surface area contributed by atoms with Gasteiger partial charge < -0.3 is 10.1 Å². The van der Waals surface area contributed by atoms with E-state index >= 15 is 0 Å². The molecule has 0 spiro atoms. The Labute approximate surface area is 139 Å². The second-order valence-corrected chi connectivity index (χ2v) is 7.91. The lowest BCUT2D eigenvalue weighted by atomic mass is 9.86. The standard InChI is InChI=1S/C19H31NO3/c21-18(20-17-6-4-2-1-3-5-7-17)13-23-19(22)12-16-11-14-8-9-15(16)10-14/h14-17H,1-13H2,(H,20,21)/t14-,15+,16+/m0/s1. The maximum absolute atomic E-state index is 12.0. The van der Waals surface area contributed by atoms with E-state index in [0.29, 0.717) is 12.3 Å². The van der Waals surface area contributed by atoms with Crippen LogP contribution in [0.2, 0.25) is 0 Å². The minimum atomic E-state index is -0.185. The number of hydrogen-bond donors (Lipinski definition) is 1. The van der Waals surface area contributed by atoms with E-state index in [4.69, 9.17) is 4.74 Å². The molecule has 4 nitrogen and oxygen atoms in total. The van der Waals surface area contributed by atoms with Crippen molar-refractivity contribution in [2.24, 2.45) is 17.8 Å². The van der Waals surface area contributed by atoms with Crippen molar-refractivity contribution in [3.8, 4) is 0 Å². The Morgan fingerprint density at radius 2 is 1.65 bits per heavy atom. The van der Waals surface area contributed by atoms with Crippen LogP contribution in [0.15, 0.2) is 0 Å². The highest BCUT2D eigenvalue weighted by atomic mass is 16.5. The van der Waals surface area contributed by atoms with Gasteiger partial charge in [-0.3, -0.25) is 9.59 Å². The van der Waals surface area contributed by atoms with Gasteiger partial charge in [0.15, 0.2) is 6.61 Å². The normalized spacial score (nSPS) is 31.4. The monoisotopic (exact) mass is 321 g/mol. The number of carbonyl (C=O) groups excluding carboxylic acids is 2. The molecule has 3 aliphatic rings. The van der Waals surface area contributed by atoms with Gasteiger partial charge in [0, 0.05) is 12.5 Å². The average Bonchev–Trinajstić information content (AvgIpc) is 3.10. The van der Waals surface area contributed by atoms with Crippen molar-refractivity contribution in [1.82, 2.24) is 5.32 Å². The molecule has 3 aliphatic carbocycles. The molecule has 0 aromatic heterocycles. The molecule has 4 heteroatoms. The number of amides is 1. The Kier molecular flexibility index (Phi) is 5.96. The number of fused-ring (bicyclic) bond motifs is 2. The SMILES string of the molecule is O=C(COC(=O)C[C@H]1C[C@H]2CC[C@@H]1C2)NC1CCCCCCC1. The number of carbonyl (C=O) groups is 2. The quantitative estimate of drug-likeness (QED) is 0.787. The third kappa shape index (κ3) is 4.95. The molecule has 3 fully saturated rings. The Bertz CT molecular complexity index is 415. The van der Waals surface area contributed by atoms with Crippen molar-refractivity contribution >= 4 is 11.9 Å². The molecule has 130 valence electrons. The molecule has 0 aromatic rings. The molecule has 0 radical (unpaired) electrons. The van der Waals surface area contributed by atoms with Gasteiger partial charge in [-0.2, -0.15) is 0 Å². The highest BCUT2D eigenvalue weighted by Crippen LogP contribution is 2.49. The van der Waals surface area contributed by atoms with Crippen LogP contribution in [0.25, 0.3) is 0 Å². The number of rotatable bonds is 5. The van der Waals surface area contributed by atoms with Crippen molar-refractivity contribution < 1.29 is 14.3 Å². The van der Waals surface area contributed by atoms with E-state index in [1.54, 1.807) is 0 Å². The summed E-state index contributed by atoms with van der Waals surface area (Å²) >= 11 is 0. The van der Waals surface area contributed by atoms with E-state index in [2.05, 4.69) is 5.32 Å².